The average molecular weight is 456 g/mol. The number of nitrogens with zero attached hydrogens (tertiary/aromatic N) is 1. The molecule has 0 bridgehead atoms. The highest BCUT2D eigenvalue weighted by molar-refractivity contribution is 6.46. The van der Waals surface area contributed by atoms with Crippen molar-refractivity contribution in [3.05, 3.63) is 106 Å². The number of carbonyl (C=O) groups is 2. The molecule has 0 spiro atoms. The lowest BCUT2D eigenvalue weighted by atomic mass is 9.95. The van der Waals surface area contributed by atoms with Crippen LogP contribution in [-0.4, -0.2) is 26.8 Å². The number of likely N-dealkylation sites (tertiary alicyclic amines) is 1. The molecule has 1 heterocycles. The van der Waals surface area contributed by atoms with Gasteiger partial charge in [-0.25, -0.2) is 8.78 Å². The molecule has 0 radical (unpaired) electrons. The molecule has 32 heavy (non-hydrogen) atoms. The van der Waals surface area contributed by atoms with Gasteiger partial charge >= 0.3 is 0 Å². The number of amides is 1. The smallest absolute Gasteiger partial charge is 0.295 e. The van der Waals surface area contributed by atoms with E-state index in [1.165, 1.54) is 59.5 Å². The quantitative estimate of drug-likeness (QED) is 0.331. The van der Waals surface area contributed by atoms with Gasteiger partial charge in [0.05, 0.1) is 16.6 Å². The lowest BCUT2D eigenvalue weighted by Gasteiger charge is -2.25. The van der Waals surface area contributed by atoms with Gasteiger partial charge in [0.15, 0.2) is 0 Å². The van der Waals surface area contributed by atoms with Crippen molar-refractivity contribution in [3.8, 4) is 5.75 Å². The first kappa shape index (κ1) is 21.5. The lowest BCUT2D eigenvalue weighted by Crippen LogP contribution is -2.29. The highest BCUT2D eigenvalue weighted by Crippen LogP contribution is 2.41. The van der Waals surface area contributed by atoms with E-state index in [4.69, 9.17) is 11.6 Å². The van der Waals surface area contributed by atoms with Gasteiger partial charge in [-0.15, -0.1) is 0 Å². The van der Waals surface area contributed by atoms with Crippen molar-refractivity contribution in [3.63, 3.8) is 0 Å². The average Bonchev–Trinajstić information content (AvgIpc) is 3.02. The maximum atomic E-state index is 13.3. The molecular weight excluding hydrogens is 440 g/mol. The van der Waals surface area contributed by atoms with Crippen LogP contribution in [0.25, 0.3) is 5.76 Å². The molecule has 0 saturated carbocycles. The van der Waals surface area contributed by atoms with Gasteiger partial charge in [0.25, 0.3) is 11.7 Å². The minimum absolute atomic E-state index is 0.00310. The van der Waals surface area contributed by atoms with E-state index in [1.807, 2.05) is 0 Å². The molecule has 1 fully saturated rings. The van der Waals surface area contributed by atoms with Gasteiger partial charge < -0.3 is 15.1 Å². The third-order valence-electron chi connectivity index (χ3n) is 5.21. The van der Waals surface area contributed by atoms with E-state index in [0.717, 1.165) is 12.1 Å². The number of aromatic hydroxyl groups is 1. The topological polar surface area (TPSA) is 77.8 Å². The fourth-order valence-electron chi connectivity index (χ4n) is 3.63. The Bertz CT molecular complexity index is 1240. The van der Waals surface area contributed by atoms with Crippen molar-refractivity contribution >= 4 is 29.1 Å². The monoisotopic (exact) mass is 455 g/mol. The predicted octanol–water partition coefficient (Wildman–Crippen LogP) is 4.95. The number of benzene rings is 3. The largest absolute Gasteiger partial charge is 0.507 e. The highest BCUT2D eigenvalue weighted by Gasteiger charge is 2.46. The van der Waals surface area contributed by atoms with Crippen LogP contribution in [0.4, 0.5) is 8.78 Å². The molecule has 5 nitrogen and oxygen atoms in total. The van der Waals surface area contributed by atoms with E-state index in [0.29, 0.717) is 11.1 Å². The predicted molar refractivity (Wildman–Crippen MR) is 114 cm³/mol. The van der Waals surface area contributed by atoms with Crippen molar-refractivity contribution in [2.75, 3.05) is 0 Å². The fraction of sp³-hybridized carbons (Fsp3) is 0.0833. The molecule has 3 aromatic rings. The molecule has 0 aliphatic carbocycles. The summed E-state index contributed by atoms with van der Waals surface area (Å²) in [4.78, 5) is 27.1. The second-order valence-corrected chi connectivity index (χ2v) is 7.68. The van der Waals surface area contributed by atoms with E-state index in [2.05, 4.69) is 0 Å². The maximum Gasteiger partial charge on any atom is 0.295 e. The lowest BCUT2D eigenvalue weighted by molar-refractivity contribution is -0.140. The molecule has 3 aromatic carbocycles. The van der Waals surface area contributed by atoms with Crippen LogP contribution >= 0.6 is 11.6 Å². The number of Topliss-reactive ketones (excluding diaryl/α,β-unsaturated/α-hetero) is 1. The number of phenols is 1. The minimum atomic E-state index is -1.04. The van der Waals surface area contributed by atoms with Crippen LogP contribution in [0.1, 0.15) is 22.7 Å². The zero-order valence-corrected chi connectivity index (χ0v) is 17.2. The molecule has 1 aliphatic rings. The van der Waals surface area contributed by atoms with Gasteiger partial charge in [-0.2, -0.15) is 0 Å². The Morgan fingerprint density at radius 2 is 1.53 bits per heavy atom. The molecule has 2 N–H and O–H groups in total. The van der Waals surface area contributed by atoms with E-state index in [9.17, 15) is 28.6 Å². The normalized spacial score (nSPS) is 17.7. The first-order chi connectivity index (χ1) is 15.3. The zero-order valence-electron chi connectivity index (χ0n) is 16.4. The van der Waals surface area contributed by atoms with Crippen molar-refractivity contribution in [2.24, 2.45) is 0 Å². The standard InChI is InChI=1S/C24H16ClF2NO4/c25-18-11-15(5-10-19(18)29)21-20(22(30)14-3-8-17(27)9-4-14)23(31)24(32)28(21)12-13-1-6-16(26)7-2-13/h1-11,21,29-30H,12H2/b22-20-. The summed E-state index contributed by atoms with van der Waals surface area (Å²) < 4.78 is 26.6. The summed E-state index contributed by atoms with van der Waals surface area (Å²) in [5, 5.41) is 20.7. The van der Waals surface area contributed by atoms with Crippen LogP contribution in [0.3, 0.4) is 0 Å². The summed E-state index contributed by atoms with van der Waals surface area (Å²) in [5.41, 5.74) is 0.884. The van der Waals surface area contributed by atoms with E-state index in [-0.39, 0.29) is 28.5 Å². The Morgan fingerprint density at radius 1 is 0.938 bits per heavy atom. The number of rotatable bonds is 4. The van der Waals surface area contributed by atoms with Crippen LogP contribution in [-0.2, 0) is 16.1 Å². The van der Waals surface area contributed by atoms with Gasteiger partial charge in [0.1, 0.15) is 23.1 Å². The minimum Gasteiger partial charge on any atom is -0.507 e. The Balaban J connectivity index is 1.87. The Morgan fingerprint density at radius 3 is 2.12 bits per heavy atom. The fourth-order valence-corrected chi connectivity index (χ4v) is 3.82. The second-order valence-electron chi connectivity index (χ2n) is 7.27. The molecule has 1 amide bonds. The third kappa shape index (κ3) is 3.94. The summed E-state index contributed by atoms with van der Waals surface area (Å²) in [6.45, 7) is -0.0474. The first-order valence-corrected chi connectivity index (χ1v) is 9.91. The van der Waals surface area contributed by atoms with Crippen LogP contribution in [0, 0.1) is 11.6 Å². The Kier molecular flexibility index (Phi) is 5.67. The summed E-state index contributed by atoms with van der Waals surface area (Å²) in [6, 6.07) is 13.4. The number of ketones is 1. The molecule has 1 atom stereocenters. The Hall–Kier alpha value is -3.71. The first-order valence-electron chi connectivity index (χ1n) is 9.53. The number of halogens is 3. The molecule has 1 saturated heterocycles. The van der Waals surface area contributed by atoms with Crippen molar-refractivity contribution in [1.29, 1.82) is 0 Å². The van der Waals surface area contributed by atoms with Crippen molar-refractivity contribution < 1.29 is 28.6 Å². The van der Waals surface area contributed by atoms with E-state index >= 15 is 0 Å². The second kappa shape index (κ2) is 8.43. The SMILES string of the molecule is O=C1C(=O)N(Cc2ccc(F)cc2)C(c2ccc(O)c(Cl)c2)/C1=C(/O)c1ccc(F)cc1. The van der Waals surface area contributed by atoms with E-state index in [1.54, 1.807) is 0 Å². The maximum absolute atomic E-state index is 13.3. The molecule has 4 rings (SSSR count). The van der Waals surface area contributed by atoms with Gasteiger partial charge in [-0.3, -0.25) is 9.59 Å². The molecule has 0 aromatic heterocycles. The third-order valence-corrected chi connectivity index (χ3v) is 5.51. The van der Waals surface area contributed by atoms with Gasteiger partial charge in [-0.05, 0) is 59.7 Å². The van der Waals surface area contributed by atoms with Crippen LogP contribution in [0.15, 0.2) is 72.3 Å². The summed E-state index contributed by atoms with van der Waals surface area (Å²) in [5.74, 6) is -3.44. The summed E-state index contributed by atoms with van der Waals surface area (Å²) in [6.07, 6.45) is 0. The number of phenolic OH excluding ortho intramolecular Hbond substituents is 1. The Labute approximate surface area is 186 Å². The number of hydrogen-bond donors (Lipinski definition) is 2. The highest BCUT2D eigenvalue weighted by atomic mass is 35.5. The molecule has 1 unspecified atom stereocenters. The van der Waals surface area contributed by atoms with Crippen LogP contribution < -0.4 is 0 Å². The summed E-state index contributed by atoms with van der Waals surface area (Å²) >= 11 is 6.05. The summed E-state index contributed by atoms with van der Waals surface area (Å²) in [7, 11) is 0. The molecule has 162 valence electrons. The van der Waals surface area contributed by atoms with E-state index < -0.39 is 35.1 Å². The zero-order chi connectivity index (χ0) is 23.0. The molecule has 8 heteroatoms. The number of hydrogen-bond acceptors (Lipinski definition) is 4. The van der Waals surface area contributed by atoms with Gasteiger partial charge in [0, 0.05) is 12.1 Å². The van der Waals surface area contributed by atoms with Crippen LogP contribution in [0.5, 0.6) is 5.75 Å². The van der Waals surface area contributed by atoms with Crippen molar-refractivity contribution in [2.45, 2.75) is 12.6 Å². The number of carbonyl (C=O) groups excluding carboxylic acids is 2. The van der Waals surface area contributed by atoms with Crippen LogP contribution in [0.2, 0.25) is 5.02 Å². The van der Waals surface area contributed by atoms with Gasteiger partial charge in [0.2, 0.25) is 0 Å². The molecule has 1 aliphatic heterocycles. The number of aliphatic hydroxyl groups excluding tert-OH is 1. The van der Waals surface area contributed by atoms with Crippen molar-refractivity contribution in [1.82, 2.24) is 4.90 Å². The molecular formula is C24H16ClF2NO4. The van der Waals surface area contributed by atoms with Gasteiger partial charge in [-0.1, -0.05) is 29.8 Å². The number of aliphatic hydroxyl groups is 1.